The molecule has 8 heterocycles. The summed E-state index contributed by atoms with van der Waals surface area (Å²) in [5.41, 5.74) is 3.94. The molecule has 260 valence electrons. The first-order chi connectivity index (χ1) is 23.6. The van der Waals surface area contributed by atoms with Gasteiger partial charge in [0.1, 0.15) is 0 Å². The number of nitrogens with zero attached hydrogens (tertiary/aromatic N) is 4. The highest BCUT2D eigenvalue weighted by atomic mass is 32.3. The number of aliphatic hydroxyl groups excluding tert-OH is 2. The van der Waals surface area contributed by atoms with E-state index in [4.69, 9.17) is 17.5 Å². The van der Waals surface area contributed by atoms with E-state index in [0.717, 1.165) is 72.0 Å². The van der Waals surface area contributed by atoms with Crippen LogP contribution in [0.4, 0.5) is 0 Å². The third-order valence-electron chi connectivity index (χ3n) is 11.0. The van der Waals surface area contributed by atoms with E-state index >= 15 is 0 Å². The van der Waals surface area contributed by atoms with E-state index in [2.05, 4.69) is 57.2 Å². The molecular weight excluding hydrogens is 641 g/mol. The lowest BCUT2D eigenvalue weighted by Crippen LogP contribution is -2.54. The van der Waals surface area contributed by atoms with E-state index in [0.29, 0.717) is 23.7 Å². The average Bonchev–Trinajstić information content (AvgIpc) is 3.13. The van der Waals surface area contributed by atoms with Crippen LogP contribution in [0.1, 0.15) is 49.0 Å². The molecule has 0 radical (unpaired) electrons. The van der Waals surface area contributed by atoms with Gasteiger partial charge in [-0.05, 0) is 97.8 Å². The number of hydrogen-bond donors (Lipinski definition) is 4. The molecule has 10 nitrogen and oxygen atoms in total. The third-order valence-corrected chi connectivity index (χ3v) is 11.0. The quantitative estimate of drug-likeness (QED) is 0.148. The van der Waals surface area contributed by atoms with E-state index < -0.39 is 22.6 Å². The van der Waals surface area contributed by atoms with Gasteiger partial charge in [0.2, 0.25) is 0 Å². The smallest absolute Gasteiger partial charge is 0.387 e. The number of aromatic nitrogens is 2. The molecule has 11 heteroatoms. The lowest BCUT2D eigenvalue weighted by atomic mass is 9.73. The molecular formula is C38H46N4O6S. The summed E-state index contributed by atoms with van der Waals surface area (Å²) in [4.78, 5) is 13.7. The van der Waals surface area contributed by atoms with Crippen LogP contribution in [0.25, 0.3) is 21.8 Å². The normalized spacial score (nSPS) is 30.0. The predicted molar refractivity (Wildman–Crippen MR) is 191 cm³/mol. The number of aliphatic hydroxyl groups is 2. The zero-order chi connectivity index (χ0) is 34.7. The molecule has 10 atom stereocenters. The Morgan fingerprint density at radius 3 is 1.43 bits per heavy atom. The van der Waals surface area contributed by atoms with Gasteiger partial charge in [0.25, 0.3) is 0 Å². The average molecular weight is 687 g/mol. The number of rotatable bonds is 6. The largest absolute Gasteiger partial charge is 0.394 e. The first-order valence-corrected chi connectivity index (χ1v) is 18.4. The van der Waals surface area contributed by atoms with Gasteiger partial charge in [-0.1, -0.05) is 48.6 Å². The topological polar surface area (TPSA) is 147 Å². The first-order valence-electron chi connectivity index (χ1n) is 17.0. The van der Waals surface area contributed by atoms with Crippen LogP contribution in [-0.2, 0) is 10.4 Å². The molecule has 4 N–H and O–H groups in total. The number of para-hydroxylation sites is 2. The summed E-state index contributed by atoms with van der Waals surface area (Å²) in [5, 5.41) is 24.2. The Balaban J connectivity index is 0.000000150. The van der Waals surface area contributed by atoms with Crippen molar-refractivity contribution in [1.82, 2.24) is 19.8 Å². The Kier molecular flexibility index (Phi) is 10.9. The van der Waals surface area contributed by atoms with Crippen molar-refractivity contribution in [3.8, 4) is 0 Å². The molecule has 10 rings (SSSR count). The highest BCUT2D eigenvalue weighted by Gasteiger charge is 2.43. The molecule has 49 heavy (non-hydrogen) atoms. The van der Waals surface area contributed by atoms with Gasteiger partial charge < -0.3 is 10.2 Å². The van der Waals surface area contributed by atoms with Gasteiger partial charge in [0.05, 0.1) is 23.2 Å². The molecule has 0 saturated carbocycles. The molecule has 6 aliphatic rings. The van der Waals surface area contributed by atoms with E-state index in [1.165, 1.54) is 12.8 Å². The SMILES string of the molecule is C=C[C@H]1CN2CC[C@@H]1C[C@H]2[C@@H](O)c1ccnc2ccccc12.C=C[C@H]1CN2CC[C@@H]1C[C@H]2[C@@H](O)c1ccnc2ccccc12.O=S(=O)(O)O. The van der Waals surface area contributed by atoms with Crippen molar-refractivity contribution in [2.45, 2.75) is 50.0 Å². The fourth-order valence-electron chi connectivity index (χ4n) is 8.58. The Bertz CT molecular complexity index is 1750. The van der Waals surface area contributed by atoms with Gasteiger partial charge in [-0.2, -0.15) is 8.42 Å². The molecule has 4 aromatic rings. The molecule has 6 fully saturated rings. The van der Waals surface area contributed by atoms with Crippen LogP contribution >= 0.6 is 0 Å². The molecule has 0 spiro atoms. The summed E-state index contributed by atoms with van der Waals surface area (Å²) >= 11 is 0. The second-order valence-electron chi connectivity index (χ2n) is 13.7. The highest BCUT2D eigenvalue weighted by molar-refractivity contribution is 7.79. The maximum Gasteiger partial charge on any atom is 0.394 e. The highest BCUT2D eigenvalue weighted by Crippen LogP contribution is 2.43. The minimum atomic E-state index is -4.67. The van der Waals surface area contributed by atoms with Gasteiger partial charge in [-0.25, -0.2) is 0 Å². The van der Waals surface area contributed by atoms with Gasteiger partial charge >= 0.3 is 10.4 Å². The van der Waals surface area contributed by atoms with Crippen molar-refractivity contribution >= 4 is 32.2 Å². The van der Waals surface area contributed by atoms with E-state index in [1.807, 2.05) is 60.9 Å². The Hall–Kier alpha value is -3.55. The first kappa shape index (κ1) is 35.3. The van der Waals surface area contributed by atoms with Crippen LogP contribution in [-0.4, -0.2) is 85.8 Å². The lowest BCUT2D eigenvalue weighted by Gasteiger charge is -2.50. The minimum Gasteiger partial charge on any atom is -0.387 e. The van der Waals surface area contributed by atoms with Crippen LogP contribution in [0.3, 0.4) is 0 Å². The second-order valence-corrected chi connectivity index (χ2v) is 14.6. The zero-order valence-corrected chi connectivity index (χ0v) is 28.4. The molecule has 0 amide bonds. The maximum absolute atomic E-state index is 11.0. The third kappa shape index (κ3) is 7.94. The predicted octanol–water partition coefficient (Wildman–Crippen LogP) is 5.68. The minimum absolute atomic E-state index is 0.223. The van der Waals surface area contributed by atoms with Crippen molar-refractivity contribution in [2.24, 2.45) is 23.7 Å². The Morgan fingerprint density at radius 2 is 1.08 bits per heavy atom. The van der Waals surface area contributed by atoms with Crippen LogP contribution in [0.5, 0.6) is 0 Å². The summed E-state index contributed by atoms with van der Waals surface area (Å²) in [6.45, 7) is 12.2. The number of piperidine rings is 6. The number of pyridine rings is 2. The molecule has 2 aromatic heterocycles. The molecule has 2 unspecified atom stereocenters. The van der Waals surface area contributed by atoms with Crippen molar-refractivity contribution in [3.05, 3.63) is 109 Å². The van der Waals surface area contributed by atoms with Crippen LogP contribution in [0, 0.1) is 23.7 Å². The molecule has 0 aliphatic carbocycles. The summed E-state index contributed by atoms with van der Waals surface area (Å²) in [6, 6.07) is 20.5. The summed E-state index contributed by atoms with van der Waals surface area (Å²) < 4.78 is 31.6. The van der Waals surface area contributed by atoms with Gasteiger partial charge in [-0.3, -0.25) is 28.9 Å². The van der Waals surface area contributed by atoms with E-state index in [1.54, 1.807) is 0 Å². The van der Waals surface area contributed by atoms with Crippen molar-refractivity contribution in [3.63, 3.8) is 0 Å². The Labute approximate surface area is 288 Å². The molecule has 6 aliphatic heterocycles. The number of hydrogen-bond acceptors (Lipinski definition) is 8. The van der Waals surface area contributed by atoms with Crippen LogP contribution in [0.2, 0.25) is 0 Å². The van der Waals surface area contributed by atoms with Gasteiger partial charge in [0.15, 0.2) is 0 Å². The van der Waals surface area contributed by atoms with Crippen LogP contribution in [0.15, 0.2) is 98.4 Å². The van der Waals surface area contributed by atoms with Gasteiger partial charge in [-0.15, -0.1) is 13.2 Å². The second kappa shape index (κ2) is 15.1. The molecule has 6 saturated heterocycles. The van der Waals surface area contributed by atoms with E-state index in [9.17, 15) is 10.2 Å². The summed E-state index contributed by atoms with van der Waals surface area (Å²) in [6.07, 6.45) is 11.5. The number of fused-ring (bicyclic) bond motifs is 8. The summed E-state index contributed by atoms with van der Waals surface area (Å²) in [5.74, 6) is 2.53. The zero-order valence-electron chi connectivity index (χ0n) is 27.6. The van der Waals surface area contributed by atoms with Gasteiger partial charge in [0, 0.05) is 48.3 Å². The molecule has 2 aromatic carbocycles. The maximum atomic E-state index is 11.0. The number of benzene rings is 2. The Morgan fingerprint density at radius 1 is 0.694 bits per heavy atom. The standard InChI is InChI=1S/2C19H22N2O.H2O4S/c2*1-2-13-12-21-10-8-14(13)11-18(21)19(22)16-7-9-20-17-6-4-3-5-15(16)17;1-5(2,3)4/h2*2-7,9,13-14,18-19,22H,1,8,10-12H2;(H2,1,2,3,4)/t2*13-,14+,18-,19-;/m00./s1. The monoisotopic (exact) mass is 686 g/mol. The van der Waals surface area contributed by atoms with E-state index in [-0.39, 0.29) is 12.1 Å². The molecule has 4 bridgehead atoms. The fraction of sp³-hybridized carbons (Fsp3) is 0.421. The van der Waals surface area contributed by atoms with Crippen molar-refractivity contribution in [2.75, 3.05) is 26.2 Å². The lowest BCUT2D eigenvalue weighted by molar-refractivity contribution is -0.0445. The summed E-state index contributed by atoms with van der Waals surface area (Å²) in [7, 11) is -4.67. The van der Waals surface area contributed by atoms with Crippen LogP contribution < -0.4 is 0 Å². The van der Waals surface area contributed by atoms with Crippen molar-refractivity contribution in [1.29, 1.82) is 0 Å². The fourth-order valence-corrected chi connectivity index (χ4v) is 8.58. The van der Waals surface area contributed by atoms with Crippen molar-refractivity contribution < 1.29 is 27.7 Å².